The van der Waals surface area contributed by atoms with Gasteiger partial charge >= 0.3 is 0 Å². The highest BCUT2D eigenvalue weighted by molar-refractivity contribution is 9.10. The molecule has 1 aliphatic heterocycles. The number of nitrogens with zero attached hydrogens (tertiary/aromatic N) is 5. The topological polar surface area (TPSA) is 96.2 Å². The van der Waals surface area contributed by atoms with Crippen LogP contribution in [0.1, 0.15) is 19.8 Å². The molecule has 0 spiro atoms. The van der Waals surface area contributed by atoms with Gasteiger partial charge in [-0.25, -0.2) is 17.9 Å². The summed E-state index contributed by atoms with van der Waals surface area (Å²) in [5, 5.41) is 5.53. The highest BCUT2D eigenvalue weighted by Gasteiger charge is 2.28. The minimum absolute atomic E-state index is 0.290. The average molecular weight is 525 g/mol. The number of hydrogen-bond donors (Lipinski definition) is 1. The number of halogens is 1. The molecule has 1 fully saturated rings. The molecule has 0 saturated carbocycles. The lowest BCUT2D eigenvalue weighted by Crippen LogP contribution is -2.37. The molecule has 0 radical (unpaired) electrons. The predicted octanol–water partition coefficient (Wildman–Crippen LogP) is 4.61. The highest BCUT2D eigenvalue weighted by atomic mass is 79.9. The first-order chi connectivity index (χ1) is 15.9. The van der Waals surface area contributed by atoms with Crippen LogP contribution in [0.4, 0.5) is 0 Å². The maximum Gasteiger partial charge on any atom is 0.253 e. The first-order valence-corrected chi connectivity index (χ1v) is 13.1. The maximum atomic E-state index is 13.2. The Kier molecular flexibility index (Phi) is 4.79. The van der Waals surface area contributed by atoms with Gasteiger partial charge in [-0.1, -0.05) is 35.0 Å². The lowest BCUT2D eigenvalue weighted by Gasteiger charge is -2.29. The molecule has 10 heteroatoms. The van der Waals surface area contributed by atoms with Gasteiger partial charge in [0.15, 0.2) is 5.65 Å². The minimum atomic E-state index is -3.53. The van der Waals surface area contributed by atoms with Crippen LogP contribution in [-0.2, 0) is 10.0 Å². The first kappa shape index (κ1) is 20.8. The molecule has 1 N–H and O–H groups in total. The summed E-state index contributed by atoms with van der Waals surface area (Å²) in [6, 6.07) is 13.1. The fourth-order valence-corrected chi connectivity index (χ4v) is 6.10. The van der Waals surface area contributed by atoms with Gasteiger partial charge < -0.3 is 4.98 Å². The van der Waals surface area contributed by atoms with Gasteiger partial charge in [-0.2, -0.15) is 14.4 Å². The Morgan fingerprint density at radius 1 is 1.06 bits per heavy atom. The van der Waals surface area contributed by atoms with Gasteiger partial charge in [0.05, 0.1) is 22.3 Å². The van der Waals surface area contributed by atoms with Crippen LogP contribution in [-0.4, -0.2) is 50.4 Å². The van der Waals surface area contributed by atoms with E-state index >= 15 is 0 Å². The van der Waals surface area contributed by atoms with Crippen LogP contribution in [0.25, 0.3) is 39.1 Å². The molecule has 0 aliphatic carbocycles. The van der Waals surface area contributed by atoms with Crippen LogP contribution in [0.2, 0.25) is 0 Å². The number of sulfonamides is 1. The SMILES string of the molecule is CC1CCN(S(=O)(=O)c2ccc3c(c2)[nH]c2nc4nc(-c5ccc(Br)cc5)cn4nc23)CC1. The molecule has 2 aromatic carbocycles. The van der Waals surface area contributed by atoms with Crippen LogP contribution >= 0.6 is 15.9 Å². The van der Waals surface area contributed by atoms with Crippen molar-refractivity contribution in [2.75, 3.05) is 13.1 Å². The molecule has 0 amide bonds. The lowest BCUT2D eigenvalue weighted by atomic mass is 10.0. The Morgan fingerprint density at radius 3 is 2.58 bits per heavy atom. The second-order valence-corrected chi connectivity index (χ2v) is 11.5. The van der Waals surface area contributed by atoms with E-state index in [9.17, 15) is 8.42 Å². The summed E-state index contributed by atoms with van der Waals surface area (Å²) in [4.78, 5) is 12.8. The maximum absolute atomic E-state index is 13.2. The number of aromatic amines is 1. The van der Waals surface area contributed by atoms with Crippen LogP contribution in [0.15, 0.2) is 58.0 Å². The molecule has 8 nitrogen and oxygen atoms in total. The fraction of sp³-hybridized carbons (Fsp3) is 0.261. The van der Waals surface area contributed by atoms with Gasteiger partial charge in [0.25, 0.3) is 5.78 Å². The van der Waals surface area contributed by atoms with E-state index in [0.717, 1.165) is 34.0 Å². The molecular formula is C23H21BrN6O2S. The summed E-state index contributed by atoms with van der Waals surface area (Å²) in [7, 11) is -3.53. The van der Waals surface area contributed by atoms with E-state index < -0.39 is 10.0 Å². The van der Waals surface area contributed by atoms with Gasteiger partial charge in [-0.05, 0) is 49.1 Å². The molecule has 0 unspecified atom stereocenters. The Labute approximate surface area is 198 Å². The number of aromatic nitrogens is 5. The highest BCUT2D eigenvalue weighted by Crippen LogP contribution is 2.29. The Morgan fingerprint density at radius 2 is 1.82 bits per heavy atom. The van der Waals surface area contributed by atoms with Crippen molar-refractivity contribution in [3.63, 3.8) is 0 Å². The Hall–Kier alpha value is -2.82. The molecular weight excluding hydrogens is 504 g/mol. The molecule has 5 aromatic rings. The van der Waals surface area contributed by atoms with Crippen LogP contribution in [0, 0.1) is 5.92 Å². The van der Waals surface area contributed by atoms with Crippen molar-refractivity contribution < 1.29 is 8.42 Å². The summed E-state index contributed by atoms with van der Waals surface area (Å²) in [6.45, 7) is 3.30. The number of rotatable bonds is 3. The molecule has 33 heavy (non-hydrogen) atoms. The monoisotopic (exact) mass is 524 g/mol. The van der Waals surface area contributed by atoms with Crippen molar-refractivity contribution in [2.24, 2.45) is 5.92 Å². The molecule has 3 aromatic heterocycles. The summed E-state index contributed by atoms with van der Waals surface area (Å²) >= 11 is 3.45. The molecule has 4 heterocycles. The number of nitrogens with one attached hydrogen (secondary N) is 1. The number of hydrogen-bond acceptors (Lipinski definition) is 5. The smallest absolute Gasteiger partial charge is 0.253 e. The first-order valence-electron chi connectivity index (χ1n) is 10.8. The van der Waals surface area contributed by atoms with Crippen LogP contribution in [0.5, 0.6) is 0 Å². The van der Waals surface area contributed by atoms with E-state index in [1.54, 1.807) is 27.0 Å². The summed E-state index contributed by atoms with van der Waals surface area (Å²) in [6.07, 6.45) is 3.63. The molecule has 1 saturated heterocycles. The zero-order valence-electron chi connectivity index (χ0n) is 17.9. The number of benzene rings is 2. The largest absolute Gasteiger partial charge is 0.338 e. The lowest BCUT2D eigenvalue weighted by molar-refractivity contribution is 0.288. The van der Waals surface area contributed by atoms with Crippen LogP contribution in [0.3, 0.4) is 0 Å². The average Bonchev–Trinajstić information content (AvgIpc) is 3.38. The van der Waals surface area contributed by atoms with Crippen molar-refractivity contribution in [2.45, 2.75) is 24.7 Å². The van der Waals surface area contributed by atoms with Gasteiger partial charge in [-0.3, -0.25) is 0 Å². The third-order valence-electron chi connectivity index (χ3n) is 6.33. The zero-order valence-corrected chi connectivity index (χ0v) is 20.3. The molecule has 168 valence electrons. The Bertz CT molecular complexity index is 1620. The summed E-state index contributed by atoms with van der Waals surface area (Å²) < 4.78 is 30.6. The van der Waals surface area contributed by atoms with Gasteiger partial charge in [0, 0.05) is 28.5 Å². The third-order valence-corrected chi connectivity index (χ3v) is 8.76. The number of H-pyrrole nitrogens is 1. The second-order valence-electron chi connectivity index (χ2n) is 8.61. The molecule has 1 aliphatic rings. The zero-order chi connectivity index (χ0) is 22.7. The van der Waals surface area contributed by atoms with E-state index in [2.05, 4.69) is 37.8 Å². The predicted molar refractivity (Wildman–Crippen MR) is 130 cm³/mol. The quantitative estimate of drug-likeness (QED) is 0.371. The number of piperidine rings is 1. The standard InChI is InChI=1S/C23H21BrN6O2S/c1-14-8-10-29(11-9-14)33(31,32)17-6-7-18-19(12-17)25-22-21(18)28-30-13-20(26-23(30)27-22)15-2-4-16(24)5-3-15/h2-7,12-14H,8-11H2,1H3,(H,25,26,27). The van der Waals surface area contributed by atoms with Crippen molar-refractivity contribution in [1.82, 2.24) is 28.9 Å². The van der Waals surface area contributed by atoms with Crippen molar-refractivity contribution >= 4 is 53.8 Å². The van der Waals surface area contributed by atoms with Gasteiger partial charge in [-0.15, -0.1) is 0 Å². The van der Waals surface area contributed by atoms with E-state index in [1.165, 1.54) is 0 Å². The third kappa shape index (κ3) is 3.53. The second kappa shape index (κ2) is 7.61. The molecule has 6 rings (SSSR count). The van der Waals surface area contributed by atoms with Crippen molar-refractivity contribution in [3.05, 3.63) is 53.1 Å². The van der Waals surface area contributed by atoms with E-state index in [-0.39, 0.29) is 0 Å². The van der Waals surface area contributed by atoms with Crippen molar-refractivity contribution in [3.8, 4) is 11.3 Å². The Balaban J connectivity index is 1.41. The summed E-state index contributed by atoms with van der Waals surface area (Å²) in [5.74, 6) is 1.04. The van der Waals surface area contributed by atoms with Crippen molar-refractivity contribution in [1.29, 1.82) is 0 Å². The van der Waals surface area contributed by atoms with E-state index in [4.69, 9.17) is 5.10 Å². The summed E-state index contributed by atoms with van der Waals surface area (Å²) in [5.41, 5.74) is 3.70. The normalized spacial score (nSPS) is 16.3. The fourth-order valence-electron chi connectivity index (χ4n) is 4.34. The van der Waals surface area contributed by atoms with Crippen LogP contribution < -0.4 is 0 Å². The van der Waals surface area contributed by atoms with Gasteiger partial charge in [0.2, 0.25) is 10.0 Å². The molecule has 0 atom stereocenters. The molecule has 0 bridgehead atoms. The van der Waals surface area contributed by atoms with E-state index in [1.807, 2.05) is 30.5 Å². The minimum Gasteiger partial charge on any atom is -0.338 e. The number of fused-ring (bicyclic) bond motifs is 4. The number of imidazole rings is 1. The van der Waals surface area contributed by atoms with E-state index in [0.29, 0.717) is 46.4 Å². The van der Waals surface area contributed by atoms with Gasteiger partial charge in [0.1, 0.15) is 5.52 Å².